The molecule has 2 heteroatoms. The molecule has 0 aliphatic rings. The monoisotopic (exact) mass is 249 g/mol. The summed E-state index contributed by atoms with van der Waals surface area (Å²) in [6.07, 6.45) is 0. The van der Waals surface area contributed by atoms with Crippen molar-refractivity contribution < 1.29 is 4.74 Å². The van der Waals surface area contributed by atoms with E-state index in [9.17, 15) is 0 Å². The van der Waals surface area contributed by atoms with Gasteiger partial charge in [-0.15, -0.1) is 0 Å². The third-order valence-corrected chi connectivity index (χ3v) is 3.33. The summed E-state index contributed by atoms with van der Waals surface area (Å²) in [5.41, 5.74) is 2.74. The number of rotatable bonds is 7. The number of methoxy groups -OCH3 is 1. The van der Waals surface area contributed by atoms with Crippen molar-refractivity contribution in [3.63, 3.8) is 0 Å². The summed E-state index contributed by atoms with van der Waals surface area (Å²) >= 11 is 0. The van der Waals surface area contributed by atoms with Crippen molar-refractivity contribution in [3.05, 3.63) is 35.4 Å². The van der Waals surface area contributed by atoms with Crippen LogP contribution in [-0.4, -0.2) is 26.3 Å². The molecule has 0 saturated carbocycles. The molecule has 0 aliphatic heterocycles. The normalized spacial score (nSPS) is 14.8. The molecule has 1 rings (SSSR count). The van der Waals surface area contributed by atoms with Gasteiger partial charge in [0.25, 0.3) is 0 Å². The van der Waals surface area contributed by atoms with E-state index in [4.69, 9.17) is 4.74 Å². The Hall–Kier alpha value is -0.860. The van der Waals surface area contributed by atoms with Crippen LogP contribution in [0.2, 0.25) is 0 Å². The molecular weight excluding hydrogens is 222 g/mol. The van der Waals surface area contributed by atoms with Crippen molar-refractivity contribution in [2.45, 2.75) is 39.7 Å². The maximum atomic E-state index is 5.32. The van der Waals surface area contributed by atoms with Crippen LogP contribution >= 0.6 is 0 Å². The van der Waals surface area contributed by atoms with Crippen LogP contribution in [0.3, 0.4) is 0 Å². The van der Waals surface area contributed by atoms with Crippen LogP contribution in [0, 0.1) is 12.8 Å². The Kier molecular flexibility index (Phi) is 6.37. The molecule has 2 atom stereocenters. The fourth-order valence-electron chi connectivity index (χ4n) is 2.29. The molecule has 18 heavy (non-hydrogen) atoms. The first-order chi connectivity index (χ1) is 8.54. The van der Waals surface area contributed by atoms with Gasteiger partial charge in [0.1, 0.15) is 0 Å². The van der Waals surface area contributed by atoms with Crippen molar-refractivity contribution in [2.75, 3.05) is 20.3 Å². The van der Waals surface area contributed by atoms with Gasteiger partial charge in [0.05, 0.1) is 0 Å². The summed E-state index contributed by atoms with van der Waals surface area (Å²) in [7, 11) is 1.78. The number of benzene rings is 1. The second kappa shape index (κ2) is 7.55. The molecule has 1 aromatic rings. The van der Waals surface area contributed by atoms with E-state index in [0.717, 1.165) is 13.2 Å². The lowest BCUT2D eigenvalue weighted by Gasteiger charge is -2.25. The first-order valence-corrected chi connectivity index (χ1v) is 6.83. The highest BCUT2D eigenvalue weighted by Crippen LogP contribution is 2.25. The summed E-state index contributed by atoms with van der Waals surface area (Å²) in [5.74, 6) is 1.02. The van der Waals surface area contributed by atoms with E-state index in [2.05, 4.69) is 57.3 Å². The van der Waals surface area contributed by atoms with Gasteiger partial charge in [-0.1, -0.05) is 50.6 Å². The minimum Gasteiger partial charge on any atom is -0.384 e. The van der Waals surface area contributed by atoms with Gasteiger partial charge in [-0.2, -0.15) is 0 Å². The highest BCUT2D eigenvalue weighted by molar-refractivity contribution is 5.26. The van der Waals surface area contributed by atoms with Crippen LogP contribution in [0.25, 0.3) is 0 Å². The number of aryl methyl sites for hydroxylation is 1. The third-order valence-electron chi connectivity index (χ3n) is 3.33. The summed E-state index contributed by atoms with van der Waals surface area (Å²) in [6, 6.07) is 9.33. The third kappa shape index (κ3) is 4.79. The minimum atomic E-state index is 0.507. The fourth-order valence-corrected chi connectivity index (χ4v) is 2.29. The molecule has 0 aromatic heterocycles. The van der Waals surface area contributed by atoms with Gasteiger partial charge in [0.15, 0.2) is 0 Å². The van der Waals surface area contributed by atoms with E-state index in [0.29, 0.717) is 17.9 Å². The molecule has 1 aromatic carbocycles. The van der Waals surface area contributed by atoms with E-state index in [1.54, 1.807) is 7.11 Å². The number of ether oxygens (including phenoxy) is 1. The minimum absolute atomic E-state index is 0.507. The zero-order valence-corrected chi connectivity index (χ0v) is 12.4. The van der Waals surface area contributed by atoms with Gasteiger partial charge in [0.2, 0.25) is 0 Å². The topological polar surface area (TPSA) is 21.3 Å². The van der Waals surface area contributed by atoms with Gasteiger partial charge >= 0.3 is 0 Å². The fraction of sp³-hybridized carbons (Fsp3) is 0.625. The van der Waals surface area contributed by atoms with Gasteiger partial charge in [-0.05, 0) is 18.4 Å². The Bertz CT molecular complexity index is 349. The van der Waals surface area contributed by atoms with Crippen molar-refractivity contribution in [1.29, 1.82) is 0 Å². The Balaban J connectivity index is 2.81. The van der Waals surface area contributed by atoms with Gasteiger partial charge in [-0.25, -0.2) is 0 Å². The molecule has 2 nitrogen and oxygen atoms in total. The molecule has 0 spiro atoms. The first-order valence-electron chi connectivity index (χ1n) is 6.83. The summed E-state index contributed by atoms with van der Waals surface area (Å²) in [5, 5.41) is 3.55. The summed E-state index contributed by atoms with van der Waals surface area (Å²) < 4.78 is 5.32. The molecular formula is C16H27NO. The Morgan fingerprint density at radius 1 is 1.22 bits per heavy atom. The largest absolute Gasteiger partial charge is 0.384 e. The smallest absolute Gasteiger partial charge is 0.0494 e. The summed E-state index contributed by atoms with van der Waals surface area (Å²) in [6.45, 7) is 10.6. The maximum absolute atomic E-state index is 5.32. The average molecular weight is 249 g/mol. The second-order valence-corrected chi connectivity index (χ2v) is 5.52. The Labute approximate surface area is 112 Å². The van der Waals surface area contributed by atoms with Crippen LogP contribution in [0.15, 0.2) is 24.3 Å². The van der Waals surface area contributed by atoms with Crippen LogP contribution < -0.4 is 5.32 Å². The predicted octanol–water partition coefficient (Wildman–Crippen LogP) is 3.36. The molecule has 0 saturated heterocycles. The highest BCUT2D eigenvalue weighted by Gasteiger charge is 2.19. The number of nitrogens with one attached hydrogen (secondary N) is 1. The van der Waals surface area contributed by atoms with Gasteiger partial charge in [-0.3, -0.25) is 0 Å². The van der Waals surface area contributed by atoms with E-state index >= 15 is 0 Å². The molecule has 102 valence electrons. The standard InChI is InChI=1S/C16H27NO/c1-12(2)17-10-16(14(4)11-18-5)15-8-6-7-13(3)9-15/h6-9,12,14,16-17H,10-11H2,1-5H3. The molecule has 0 fully saturated rings. The van der Waals surface area contributed by atoms with Crippen molar-refractivity contribution in [2.24, 2.45) is 5.92 Å². The van der Waals surface area contributed by atoms with Crippen LogP contribution in [0.4, 0.5) is 0 Å². The van der Waals surface area contributed by atoms with E-state index < -0.39 is 0 Å². The lowest BCUT2D eigenvalue weighted by Crippen LogP contribution is -2.31. The maximum Gasteiger partial charge on any atom is 0.0494 e. The summed E-state index contributed by atoms with van der Waals surface area (Å²) in [4.78, 5) is 0. The molecule has 0 amide bonds. The zero-order chi connectivity index (χ0) is 13.5. The quantitative estimate of drug-likeness (QED) is 0.800. The second-order valence-electron chi connectivity index (χ2n) is 5.52. The van der Waals surface area contributed by atoms with Crippen molar-refractivity contribution >= 4 is 0 Å². The zero-order valence-electron chi connectivity index (χ0n) is 12.4. The Morgan fingerprint density at radius 2 is 1.94 bits per heavy atom. The first kappa shape index (κ1) is 15.2. The lowest BCUT2D eigenvalue weighted by atomic mass is 9.86. The molecule has 0 radical (unpaired) electrons. The lowest BCUT2D eigenvalue weighted by molar-refractivity contribution is 0.145. The Morgan fingerprint density at radius 3 is 2.50 bits per heavy atom. The molecule has 2 unspecified atom stereocenters. The molecule has 0 aliphatic carbocycles. The predicted molar refractivity (Wildman–Crippen MR) is 78.1 cm³/mol. The van der Waals surface area contributed by atoms with Crippen LogP contribution in [0.1, 0.15) is 37.8 Å². The van der Waals surface area contributed by atoms with Gasteiger partial charge in [0, 0.05) is 32.2 Å². The van der Waals surface area contributed by atoms with Crippen molar-refractivity contribution in [1.82, 2.24) is 5.32 Å². The SMILES string of the molecule is COCC(C)C(CNC(C)C)c1cccc(C)c1. The number of hydrogen-bond donors (Lipinski definition) is 1. The van der Waals surface area contributed by atoms with E-state index in [1.807, 2.05) is 0 Å². The van der Waals surface area contributed by atoms with Crippen LogP contribution in [0.5, 0.6) is 0 Å². The average Bonchev–Trinajstić information content (AvgIpc) is 2.29. The van der Waals surface area contributed by atoms with Crippen LogP contribution in [-0.2, 0) is 4.74 Å². The molecule has 0 heterocycles. The molecule has 1 N–H and O–H groups in total. The highest BCUT2D eigenvalue weighted by atomic mass is 16.5. The molecule has 0 bridgehead atoms. The van der Waals surface area contributed by atoms with Gasteiger partial charge < -0.3 is 10.1 Å². The van der Waals surface area contributed by atoms with E-state index in [-0.39, 0.29) is 0 Å². The van der Waals surface area contributed by atoms with E-state index in [1.165, 1.54) is 11.1 Å². The number of hydrogen-bond acceptors (Lipinski definition) is 2. The van der Waals surface area contributed by atoms with Crippen molar-refractivity contribution in [3.8, 4) is 0 Å².